The zero-order chi connectivity index (χ0) is 15.1. The average molecular weight is 282 g/mol. The Morgan fingerprint density at radius 1 is 0.857 bits per heavy atom. The second-order valence-electron chi connectivity index (χ2n) is 6.31. The minimum atomic E-state index is -0.430. The number of benzene rings is 1. The summed E-state index contributed by atoms with van der Waals surface area (Å²) in [6.07, 6.45) is 3.49. The van der Waals surface area contributed by atoms with Crippen molar-refractivity contribution in [2.75, 3.05) is 0 Å². The first-order valence-corrected chi connectivity index (χ1v) is 7.12. The summed E-state index contributed by atoms with van der Waals surface area (Å²) >= 11 is 0. The Hall–Kier alpha value is -1.72. The van der Waals surface area contributed by atoms with Crippen LogP contribution < -0.4 is 5.46 Å². The summed E-state index contributed by atoms with van der Waals surface area (Å²) in [6.45, 7) is 8.18. The Kier molecular flexibility index (Phi) is 3.34. The maximum Gasteiger partial charge on any atom is 0.497 e. The molecule has 0 spiro atoms. The molecule has 0 amide bonds. The Morgan fingerprint density at radius 2 is 1.43 bits per heavy atom. The highest BCUT2D eigenvalue weighted by Gasteiger charge is 2.52. The van der Waals surface area contributed by atoms with Gasteiger partial charge in [-0.3, -0.25) is 0 Å². The van der Waals surface area contributed by atoms with Gasteiger partial charge >= 0.3 is 7.12 Å². The molecule has 2 heterocycles. The zero-order valence-electron chi connectivity index (χ0n) is 12.8. The van der Waals surface area contributed by atoms with E-state index < -0.39 is 7.12 Å². The zero-order valence-corrected chi connectivity index (χ0v) is 12.8. The normalized spacial score (nSPS) is 19.7. The summed E-state index contributed by atoms with van der Waals surface area (Å²) < 4.78 is 12.2. The molecule has 0 N–H and O–H groups in total. The van der Waals surface area contributed by atoms with Gasteiger partial charge in [0.25, 0.3) is 0 Å². The lowest BCUT2D eigenvalue weighted by atomic mass is 9.76. The van der Waals surface area contributed by atoms with Crippen molar-refractivity contribution in [3.63, 3.8) is 0 Å². The topological polar surface area (TPSA) is 44.2 Å². The second kappa shape index (κ2) is 4.93. The molecule has 21 heavy (non-hydrogen) atoms. The Bertz CT molecular complexity index is 628. The number of hydrogen-bond acceptors (Lipinski definition) is 4. The predicted octanol–water partition coefficient (Wildman–Crippen LogP) is 2.44. The van der Waals surface area contributed by atoms with Crippen LogP contribution >= 0.6 is 0 Å². The molecule has 4 nitrogen and oxygen atoms in total. The van der Waals surface area contributed by atoms with Crippen LogP contribution in [-0.2, 0) is 9.31 Å². The largest absolute Gasteiger partial charge is 0.497 e. The number of nitrogens with zero attached hydrogens (tertiary/aromatic N) is 2. The van der Waals surface area contributed by atoms with Crippen LogP contribution in [0.15, 0.2) is 42.7 Å². The van der Waals surface area contributed by atoms with Crippen LogP contribution in [0, 0.1) is 0 Å². The van der Waals surface area contributed by atoms with Crippen molar-refractivity contribution in [1.82, 2.24) is 10.2 Å². The van der Waals surface area contributed by atoms with E-state index in [0.717, 1.165) is 16.6 Å². The first kappa shape index (κ1) is 14.2. The number of rotatable bonds is 2. The molecule has 5 heteroatoms. The minimum Gasteiger partial charge on any atom is -0.399 e. The van der Waals surface area contributed by atoms with Crippen molar-refractivity contribution in [2.24, 2.45) is 0 Å². The van der Waals surface area contributed by atoms with Gasteiger partial charge in [-0.25, -0.2) is 0 Å². The monoisotopic (exact) mass is 282 g/mol. The lowest BCUT2D eigenvalue weighted by molar-refractivity contribution is 0.00578. The maximum absolute atomic E-state index is 6.12. The van der Waals surface area contributed by atoms with Crippen LogP contribution in [0.5, 0.6) is 0 Å². The Labute approximate surface area is 125 Å². The first-order chi connectivity index (χ1) is 9.91. The first-order valence-electron chi connectivity index (χ1n) is 7.12. The molecule has 108 valence electrons. The molecular formula is C16H19BN2O2. The molecule has 1 aliphatic heterocycles. The molecule has 0 bridgehead atoms. The van der Waals surface area contributed by atoms with Gasteiger partial charge in [0.2, 0.25) is 0 Å². The summed E-state index contributed by atoms with van der Waals surface area (Å²) in [7, 11) is -0.430. The second-order valence-corrected chi connectivity index (χ2v) is 6.31. The van der Waals surface area contributed by atoms with Crippen molar-refractivity contribution >= 4 is 12.6 Å². The number of hydrogen-bond donors (Lipinski definition) is 0. The van der Waals surface area contributed by atoms with E-state index in [1.165, 1.54) is 0 Å². The average Bonchev–Trinajstić information content (AvgIpc) is 2.68. The van der Waals surface area contributed by atoms with Crippen LogP contribution in [0.2, 0.25) is 0 Å². The maximum atomic E-state index is 6.12. The van der Waals surface area contributed by atoms with Crippen molar-refractivity contribution in [1.29, 1.82) is 0 Å². The van der Waals surface area contributed by atoms with E-state index in [4.69, 9.17) is 9.31 Å². The fourth-order valence-corrected chi connectivity index (χ4v) is 2.35. The molecule has 2 aromatic rings. The highest BCUT2D eigenvalue weighted by Crippen LogP contribution is 2.37. The van der Waals surface area contributed by atoms with E-state index in [0.29, 0.717) is 0 Å². The van der Waals surface area contributed by atoms with Crippen molar-refractivity contribution < 1.29 is 9.31 Å². The SMILES string of the molecule is CC1(C)OB(c2cnncc2-c2ccccc2)OC1(C)C. The molecule has 1 fully saturated rings. The van der Waals surface area contributed by atoms with Gasteiger partial charge in [0.15, 0.2) is 0 Å². The number of aromatic nitrogens is 2. The van der Waals surface area contributed by atoms with Gasteiger partial charge in [-0.2, -0.15) is 10.2 Å². The summed E-state index contributed by atoms with van der Waals surface area (Å²) in [4.78, 5) is 0. The molecule has 0 unspecified atom stereocenters. The van der Waals surface area contributed by atoms with Gasteiger partial charge in [0.05, 0.1) is 23.6 Å². The smallest absolute Gasteiger partial charge is 0.399 e. The van der Waals surface area contributed by atoms with Crippen molar-refractivity contribution in [3.05, 3.63) is 42.7 Å². The van der Waals surface area contributed by atoms with Gasteiger partial charge in [-0.1, -0.05) is 30.3 Å². The lowest BCUT2D eigenvalue weighted by Crippen LogP contribution is -2.41. The molecule has 1 saturated heterocycles. The molecular weight excluding hydrogens is 263 g/mol. The van der Waals surface area contributed by atoms with Crippen LogP contribution in [0.3, 0.4) is 0 Å². The van der Waals surface area contributed by atoms with Gasteiger partial charge in [0, 0.05) is 11.0 Å². The third-order valence-corrected chi connectivity index (χ3v) is 4.35. The van der Waals surface area contributed by atoms with Crippen molar-refractivity contribution in [2.45, 2.75) is 38.9 Å². The molecule has 1 aliphatic rings. The van der Waals surface area contributed by atoms with Crippen LogP contribution in [-0.4, -0.2) is 28.5 Å². The molecule has 0 radical (unpaired) electrons. The van der Waals surface area contributed by atoms with Gasteiger partial charge in [-0.15, -0.1) is 0 Å². The van der Waals surface area contributed by atoms with Gasteiger partial charge in [-0.05, 0) is 33.3 Å². The molecule has 0 saturated carbocycles. The lowest BCUT2D eigenvalue weighted by Gasteiger charge is -2.32. The molecule has 0 aliphatic carbocycles. The fraction of sp³-hybridized carbons (Fsp3) is 0.375. The third-order valence-electron chi connectivity index (χ3n) is 4.35. The summed E-state index contributed by atoms with van der Waals surface area (Å²) in [5, 5.41) is 8.01. The van der Waals surface area contributed by atoms with Crippen LogP contribution in [0.4, 0.5) is 0 Å². The summed E-state index contributed by atoms with van der Waals surface area (Å²) in [5.74, 6) is 0. The van der Waals surface area contributed by atoms with E-state index in [1.54, 1.807) is 12.4 Å². The Morgan fingerprint density at radius 3 is 2.05 bits per heavy atom. The third kappa shape index (κ3) is 2.47. The van der Waals surface area contributed by atoms with Gasteiger partial charge in [0.1, 0.15) is 0 Å². The highest BCUT2D eigenvalue weighted by atomic mass is 16.7. The standard InChI is InChI=1S/C16H19BN2O2/c1-15(2)16(3,4)21-17(20-15)14-11-19-18-10-13(14)12-8-6-5-7-9-12/h5-11H,1-4H3. The van der Waals surface area contributed by atoms with Crippen LogP contribution in [0.25, 0.3) is 11.1 Å². The molecule has 1 aromatic carbocycles. The molecule has 0 atom stereocenters. The Balaban J connectivity index is 2.02. The quantitative estimate of drug-likeness (QED) is 0.794. The van der Waals surface area contributed by atoms with E-state index in [9.17, 15) is 0 Å². The van der Waals surface area contributed by atoms with E-state index in [-0.39, 0.29) is 11.2 Å². The van der Waals surface area contributed by atoms with E-state index in [1.807, 2.05) is 58.0 Å². The fourth-order valence-electron chi connectivity index (χ4n) is 2.35. The van der Waals surface area contributed by atoms with E-state index >= 15 is 0 Å². The summed E-state index contributed by atoms with van der Waals surface area (Å²) in [5.41, 5.74) is 2.25. The molecule has 1 aromatic heterocycles. The van der Waals surface area contributed by atoms with E-state index in [2.05, 4.69) is 10.2 Å². The van der Waals surface area contributed by atoms with Crippen molar-refractivity contribution in [3.8, 4) is 11.1 Å². The summed E-state index contributed by atoms with van der Waals surface area (Å²) in [6, 6.07) is 10.1. The van der Waals surface area contributed by atoms with Gasteiger partial charge < -0.3 is 9.31 Å². The molecule has 3 rings (SSSR count). The van der Waals surface area contributed by atoms with Crippen LogP contribution in [0.1, 0.15) is 27.7 Å². The predicted molar refractivity (Wildman–Crippen MR) is 83.2 cm³/mol. The minimum absolute atomic E-state index is 0.366. The highest BCUT2D eigenvalue weighted by molar-refractivity contribution is 6.63.